The van der Waals surface area contributed by atoms with Gasteiger partial charge < -0.3 is 10.6 Å². The van der Waals surface area contributed by atoms with E-state index in [0.717, 1.165) is 30.6 Å². The fourth-order valence-corrected chi connectivity index (χ4v) is 3.86. The standard InChI is InChI=1S/C17H22N4O2S/c22-16(17(23)20-13-6-2-1-3-7-13)18-12-14(15-8-4-11-24-15)21-10-5-9-19-21/h4-5,8-11,13-14H,1-3,6-7,12H2,(H,18,22)(H,20,23). The SMILES string of the molecule is O=C(NCC(c1cccs1)n1cccn1)C(=O)NC1CCCCC1. The van der Waals surface area contributed by atoms with Crippen LogP contribution in [0.2, 0.25) is 0 Å². The van der Waals surface area contributed by atoms with E-state index in [1.165, 1.54) is 6.42 Å². The molecule has 2 amide bonds. The van der Waals surface area contributed by atoms with Gasteiger partial charge in [-0.25, -0.2) is 0 Å². The first-order valence-corrected chi connectivity index (χ1v) is 9.23. The lowest BCUT2D eigenvalue weighted by Crippen LogP contribution is -2.46. The van der Waals surface area contributed by atoms with E-state index in [9.17, 15) is 9.59 Å². The molecule has 0 spiro atoms. The predicted octanol–water partition coefficient (Wildman–Crippen LogP) is 2.10. The highest BCUT2D eigenvalue weighted by Gasteiger charge is 2.22. The highest BCUT2D eigenvalue weighted by atomic mass is 32.1. The summed E-state index contributed by atoms with van der Waals surface area (Å²) in [4.78, 5) is 25.3. The van der Waals surface area contributed by atoms with E-state index in [1.54, 1.807) is 22.2 Å². The van der Waals surface area contributed by atoms with Crippen LogP contribution in [-0.2, 0) is 9.59 Å². The van der Waals surface area contributed by atoms with Gasteiger partial charge in [0.15, 0.2) is 0 Å². The number of carbonyl (C=O) groups is 2. The zero-order valence-electron chi connectivity index (χ0n) is 13.5. The van der Waals surface area contributed by atoms with Gasteiger partial charge in [0.2, 0.25) is 0 Å². The third-order valence-electron chi connectivity index (χ3n) is 4.32. The topological polar surface area (TPSA) is 76.0 Å². The lowest BCUT2D eigenvalue weighted by Gasteiger charge is -2.22. The summed E-state index contributed by atoms with van der Waals surface area (Å²) >= 11 is 1.61. The molecule has 2 N–H and O–H groups in total. The van der Waals surface area contributed by atoms with Crippen LogP contribution >= 0.6 is 11.3 Å². The molecule has 0 saturated heterocycles. The fourth-order valence-electron chi connectivity index (χ4n) is 3.04. The van der Waals surface area contributed by atoms with Gasteiger partial charge in [0, 0.05) is 29.9 Å². The van der Waals surface area contributed by atoms with Gasteiger partial charge >= 0.3 is 11.8 Å². The van der Waals surface area contributed by atoms with Crippen molar-refractivity contribution in [3.63, 3.8) is 0 Å². The Morgan fingerprint density at radius 1 is 1.25 bits per heavy atom. The van der Waals surface area contributed by atoms with Crippen LogP contribution in [0.25, 0.3) is 0 Å². The van der Waals surface area contributed by atoms with Crippen LogP contribution in [0.1, 0.15) is 43.0 Å². The highest BCUT2D eigenvalue weighted by Crippen LogP contribution is 2.22. The second-order valence-electron chi connectivity index (χ2n) is 6.04. The number of hydrogen-bond acceptors (Lipinski definition) is 4. The van der Waals surface area contributed by atoms with E-state index in [-0.39, 0.29) is 12.1 Å². The minimum Gasteiger partial charge on any atom is -0.345 e. The number of thiophene rings is 1. The first-order valence-electron chi connectivity index (χ1n) is 8.35. The average Bonchev–Trinajstić information content (AvgIpc) is 3.30. The van der Waals surface area contributed by atoms with Crippen LogP contribution in [0, 0.1) is 0 Å². The van der Waals surface area contributed by atoms with E-state index in [0.29, 0.717) is 6.54 Å². The minimum atomic E-state index is -0.575. The number of amides is 2. The Morgan fingerprint density at radius 2 is 2.08 bits per heavy atom. The van der Waals surface area contributed by atoms with Gasteiger partial charge in [0.25, 0.3) is 0 Å². The number of nitrogens with one attached hydrogen (secondary N) is 2. The molecule has 1 aliphatic carbocycles. The van der Waals surface area contributed by atoms with Gasteiger partial charge in [-0.05, 0) is 30.4 Å². The van der Waals surface area contributed by atoms with Crippen molar-refractivity contribution in [3.8, 4) is 0 Å². The van der Waals surface area contributed by atoms with E-state index in [4.69, 9.17) is 0 Å². The number of rotatable bonds is 5. The summed E-state index contributed by atoms with van der Waals surface area (Å²) in [6.45, 7) is 0.332. The molecule has 1 unspecified atom stereocenters. The van der Waals surface area contributed by atoms with Gasteiger partial charge in [-0.2, -0.15) is 5.10 Å². The van der Waals surface area contributed by atoms with E-state index >= 15 is 0 Å². The predicted molar refractivity (Wildman–Crippen MR) is 92.7 cm³/mol. The number of hydrogen-bond donors (Lipinski definition) is 2. The monoisotopic (exact) mass is 346 g/mol. The molecule has 1 aliphatic rings. The lowest BCUT2D eigenvalue weighted by molar-refractivity contribution is -0.139. The molecule has 7 heteroatoms. The van der Waals surface area contributed by atoms with Crippen LogP contribution in [-0.4, -0.2) is 34.2 Å². The molecular formula is C17H22N4O2S. The van der Waals surface area contributed by atoms with Crippen molar-refractivity contribution in [2.45, 2.75) is 44.2 Å². The summed E-state index contributed by atoms with van der Waals surface area (Å²) in [6, 6.07) is 5.85. The second-order valence-corrected chi connectivity index (χ2v) is 7.01. The normalized spacial score (nSPS) is 16.5. The van der Waals surface area contributed by atoms with Crippen LogP contribution < -0.4 is 10.6 Å². The quantitative estimate of drug-likeness (QED) is 0.814. The Kier molecular flexibility index (Phi) is 5.63. The molecule has 2 heterocycles. The minimum absolute atomic E-state index is 0.105. The summed E-state index contributed by atoms with van der Waals surface area (Å²) in [5.74, 6) is -1.11. The Balaban J connectivity index is 1.56. The van der Waals surface area contributed by atoms with Crippen molar-refractivity contribution in [2.75, 3.05) is 6.54 Å². The molecule has 128 valence electrons. The fraction of sp³-hybridized carbons (Fsp3) is 0.471. The van der Waals surface area contributed by atoms with Gasteiger partial charge in [-0.15, -0.1) is 11.3 Å². The van der Waals surface area contributed by atoms with Crippen molar-refractivity contribution < 1.29 is 9.59 Å². The Labute approximate surface area is 145 Å². The molecule has 24 heavy (non-hydrogen) atoms. The Bertz CT molecular complexity index is 614. The maximum absolute atomic E-state index is 12.1. The van der Waals surface area contributed by atoms with Crippen molar-refractivity contribution >= 4 is 23.2 Å². The maximum atomic E-state index is 12.1. The molecule has 3 rings (SSSR count). The van der Waals surface area contributed by atoms with Crippen LogP contribution in [0.5, 0.6) is 0 Å². The van der Waals surface area contributed by atoms with Gasteiger partial charge in [0.1, 0.15) is 6.04 Å². The summed E-state index contributed by atoms with van der Waals surface area (Å²) in [7, 11) is 0. The number of aromatic nitrogens is 2. The van der Waals surface area contributed by atoms with Gasteiger partial charge in [-0.3, -0.25) is 14.3 Å². The molecule has 1 saturated carbocycles. The van der Waals surface area contributed by atoms with E-state index < -0.39 is 11.8 Å². The first kappa shape index (κ1) is 16.7. The molecule has 1 fully saturated rings. The summed E-state index contributed by atoms with van der Waals surface area (Å²) in [6.07, 6.45) is 8.94. The Hall–Kier alpha value is -2.15. The van der Waals surface area contributed by atoms with Gasteiger partial charge in [0.05, 0.1) is 0 Å². The average molecular weight is 346 g/mol. The molecule has 2 aromatic rings. The molecule has 6 nitrogen and oxygen atoms in total. The highest BCUT2D eigenvalue weighted by molar-refractivity contribution is 7.10. The van der Waals surface area contributed by atoms with Crippen molar-refractivity contribution in [1.29, 1.82) is 0 Å². The van der Waals surface area contributed by atoms with E-state index in [2.05, 4.69) is 15.7 Å². The molecule has 0 radical (unpaired) electrons. The molecule has 2 aromatic heterocycles. The molecule has 0 aliphatic heterocycles. The first-order chi connectivity index (χ1) is 11.7. The summed E-state index contributed by atoms with van der Waals surface area (Å²) < 4.78 is 1.80. The lowest BCUT2D eigenvalue weighted by atomic mass is 9.95. The van der Waals surface area contributed by atoms with Gasteiger partial charge in [-0.1, -0.05) is 25.3 Å². The summed E-state index contributed by atoms with van der Waals surface area (Å²) in [5, 5.41) is 11.8. The zero-order chi connectivity index (χ0) is 16.8. The molecular weight excluding hydrogens is 324 g/mol. The zero-order valence-corrected chi connectivity index (χ0v) is 14.3. The van der Waals surface area contributed by atoms with Crippen molar-refractivity contribution in [3.05, 3.63) is 40.8 Å². The number of carbonyl (C=O) groups excluding carboxylic acids is 2. The second kappa shape index (κ2) is 8.10. The van der Waals surface area contributed by atoms with E-state index in [1.807, 2.05) is 29.8 Å². The molecule has 0 bridgehead atoms. The van der Waals surface area contributed by atoms with Crippen molar-refractivity contribution in [2.24, 2.45) is 0 Å². The van der Waals surface area contributed by atoms with Crippen LogP contribution in [0.4, 0.5) is 0 Å². The summed E-state index contributed by atoms with van der Waals surface area (Å²) in [5.41, 5.74) is 0. The molecule has 0 aromatic carbocycles. The molecule has 1 atom stereocenters. The maximum Gasteiger partial charge on any atom is 0.309 e. The van der Waals surface area contributed by atoms with Crippen molar-refractivity contribution in [1.82, 2.24) is 20.4 Å². The Morgan fingerprint density at radius 3 is 2.75 bits per heavy atom. The largest absolute Gasteiger partial charge is 0.345 e. The number of nitrogens with zero attached hydrogens (tertiary/aromatic N) is 2. The van der Waals surface area contributed by atoms with Crippen LogP contribution in [0.15, 0.2) is 36.0 Å². The third-order valence-corrected chi connectivity index (χ3v) is 5.29. The smallest absolute Gasteiger partial charge is 0.309 e. The third kappa shape index (κ3) is 4.23. The van der Waals surface area contributed by atoms with Crippen LogP contribution in [0.3, 0.4) is 0 Å².